The standard InChI is InChI=1S/C23H26F3N3O4/c1-32-22(31)18-5-3-17(4-6-18)15-28-11-2-12-29(14-13-28)16-21(30)27-19-7-9-20(10-8-19)33-23(24,25)26/h3-10H,2,11-16H2,1H3,(H,27,30). The summed E-state index contributed by atoms with van der Waals surface area (Å²) in [5.74, 6) is -0.935. The van der Waals surface area contributed by atoms with E-state index in [2.05, 4.69) is 19.9 Å². The van der Waals surface area contributed by atoms with Crippen molar-refractivity contribution in [2.75, 3.05) is 45.2 Å². The minimum Gasteiger partial charge on any atom is -0.465 e. The molecule has 3 rings (SSSR count). The second-order valence-corrected chi connectivity index (χ2v) is 7.71. The molecule has 178 valence electrons. The molecular formula is C23H26F3N3O4. The second kappa shape index (κ2) is 11.2. The maximum atomic E-state index is 12.4. The summed E-state index contributed by atoms with van der Waals surface area (Å²) in [5.41, 5.74) is 2.00. The van der Waals surface area contributed by atoms with Crippen LogP contribution in [0.15, 0.2) is 48.5 Å². The predicted molar refractivity (Wildman–Crippen MR) is 116 cm³/mol. The molecule has 0 saturated carbocycles. The van der Waals surface area contributed by atoms with Gasteiger partial charge in [-0.25, -0.2) is 4.79 Å². The summed E-state index contributed by atoms with van der Waals surface area (Å²) in [5, 5.41) is 2.70. The van der Waals surface area contributed by atoms with Gasteiger partial charge in [0.15, 0.2) is 0 Å². The molecule has 0 spiro atoms. The fraction of sp³-hybridized carbons (Fsp3) is 0.391. The van der Waals surface area contributed by atoms with Gasteiger partial charge in [0.2, 0.25) is 5.91 Å². The number of nitrogens with zero attached hydrogens (tertiary/aromatic N) is 2. The summed E-state index contributed by atoms with van der Waals surface area (Å²) < 4.78 is 45.2. The SMILES string of the molecule is COC(=O)c1ccc(CN2CCCN(CC(=O)Nc3ccc(OC(F)(F)F)cc3)CC2)cc1. The molecule has 10 heteroatoms. The molecule has 1 aliphatic rings. The van der Waals surface area contributed by atoms with Gasteiger partial charge in [0.25, 0.3) is 0 Å². The van der Waals surface area contributed by atoms with Gasteiger partial charge >= 0.3 is 12.3 Å². The number of hydrogen-bond donors (Lipinski definition) is 1. The highest BCUT2D eigenvalue weighted by Crippen LogP contribution is 2.24. The molecule has 1 amide bonds. The number of rotatable bonds is 7. The lowest BCUT2D eigenvalue weighted by Gasteiger charge is -2.21. The number of methoxy groups -OCH3 is 1. The minimum atomic E-state index is -4.75. The Labute approximate surface area is 190 Å². The molecule has 7 nitrogen and oxygen atoms in total. The lowest BCUT2D eigenvalue weighted by molar-refractivity contribution is -0.274. The Morgan fingerprint density at radius 2 is 1.58 bits per heavy atom. The van der Waals surface area contributed by atoms with Crippen molar-refractivity contribution >= 4 is 17.6 Å². The lowest BCUT2D eigenvalue weighted by atomic mass is 10.1. The van der Waals surface area contributed by atoms with Crippen molar-refractivity contribution in [2.24, 2.45) is 0 Å². The summed E-state index contributed by atoms with van der Waals surface area (Å²) >= 11 is 0. The molecule has 1 fully saturated rings. The summed E-state index contributed by atoms with van der Waals surface area (Å²) in [4.78, 5) is 28.3. The number of ether oxygens (including phenoxy) is 2. The second-order valence-electron chi connectivity index (χ2n) is 7.71. The van der Waals surface area contributed by atoms with Gasteiger partial charge in [-0.3, -0.25) is 14.6 Å². The Bertz CT molecular complexity index is 933. The van der Waals surface area contributed by atoms with Crippen LogP contribution < -0.4 is 10.1 Å². The molecule has 0 unspecified atom stereocenters. The minimum absolute atomic E-state index is 0.197. The number of esters is 1. The summed E-state index contributed by atoms with van der Waals surface area (Å²) in [6, 6.07) is 12.4. The molecule has 1 N–H and O–H groups in total. The number of carbonyl (C=O) groups is 2. The Kier molecular flexibility index (Phi) is 8.29. The number of carbonyl (C=O) groups excluding carboxylic acids is 2. The first kappa shape index (κ1) is 24.5. The van der Waals surface area contributed by atoms with Crippen molar-refractivity contribution in [2.45, 2.75) is 19.3 Å². The third kappa shape index (κ3) is 8.07. The van der Waals surface area contributed by atoms with Crippen LogP contribution in [0, 0.1) is 0 Å². The maximum Gasteiger partial charge on any atom is 0.573 e. The molecule has 0 aliphatic carbocycles. The summed E-state index contributed by atoms with van der Waals surface area (Å²) in [7, 11) is 1.35. The third-order valence-electron chi connectivity index (χ3n) is 5.20. The van der Waals surface area contributed by atoms with E-state index in [0.717, 1.165) is 50.3 Å². The predicted octanol–water partition coefficient (Wildman–Crippen LogP) is 3.52. The number of nitrogens with one attached hydrogen (secondary N) is 1. The van der Waals surface area contributed by atoms with E-state index < -0.39 is 6.36 Å². The zero-order valence-corrected chi connectivity index (χ0v) is 18.2. The van der Waals surface area contributed by atoms with Crippen molar-refractivity contribution in [3.05, 3.63) is 59.7 Å². The van der Waals surface area contributed by atoms with Crippen LogP contribution in [0.2, 0.25) is 0 Å². The van der Waals surface area contributed by atoms with Gasteiger partial charge in [-0.15, -0.1) is 13.2 Å². The normalized spacial score (nSPS) is 15.5. The van der Waals surface area contributed by atoms with Crippen LogP contribution in [-0.2, 0) is 16.1 Å². The highest BCUT2D eigenvalue weighted by Gasteiger charge is 2.31. The van der Waals surface area contributed by atoms with E-state index in [1.165, 1.54) is 19.2 Å². The van der Waals surface area contributed by atoms with Crippen LogP contribution in [0.3, 0.4) is 0 Å². The first-order valence-electron chi connectivity index (χ1n) is 10.5. The topological polar surface area (TPSA) is 71.1 Å². The summed E-state index contributed by atoms with van der Waals surface area (Å²) in [6.07, 6.45) is -3.85. The molecular weight excluding hydrogens is 439 g/mol. The van der Waals surface area contributed by atoms with E-state index in [0.29, 0.717) is 17.8 Å². The highest BCUT2D eigenvalue weighted by atomic mass is 19.4. The van der Waals surface area contributed by atoms with E-state index in [9.17, 15) is 22.8 Å². The Hall–Kier alpha value is -3.11. The van der Waals surface area contributed by atoms with Crippen molar-refractivity contribution in [3.63, 3.8) is 0 Å². The molecule has 33 heavy (non-hydrogen) atoms. The average molecular weight is 465 g/mol. The first-order chi connectivity index (χ1) is 15.7. The zero-order valence-electron chi connectivity index (χ0n) is 18.2. The van der Waals surface area contributed by atoms with Gasteiger partial charge in [0.1, 0.15) is 5.75 Å². The number of anilines is 1. The van der Waals surface area contributed by atoms with Crippen LogP contribution in [0.1, 0.15) is 22.3 Å². The van der Waals surface area contributed by atoms with Crippen molar-refractivity contribution in [1.82, 2.24) is 9.80 Å². The molecule has 1 aliphatic heterocycles. The molecule has 0 bridgehead atoms. The quantitative estimate of drug-likeness (QED) is 0.631. The fourth-order valence-corrected chi connectivity index (χ4v) is 3.61. The van der Waals surface area contributed by atoms with Crippen LogP contribution in [0.5, 0.6) is 5.75 Å². The first-order valence-corrected chi connectivity index (χ1v) is 10.5. The van der Waals surface area contributed by atoms with Crippen LogP contribution in [-0.4, -0.2) is 67.9 Å². The molecule has 0 radical (unpaired) electrons. The van der Waals surface area contributed by atoms with E-state index >= 15 is 0 Å². The van der Waals surface area contributed by atoms with E-state index in [1.54, 1.807) is 12.1 Å². The Balaban J connectivity index is 1.44. The Morgan fingerprint density at radius 3 is 2.21 bits per heavy atom. The third-order valence-corrected chi connectivity index (χ3v) is 5.20. The smallest absolute Gasteiger partial charge is 0.465 e. The van der Waals surface area contributed by atoms with Crippen LogP contribution in [0.4, 0.5) is 18.9 Å². The van der Waals surface area contributed by atoms with Gasteiger partial charge in [-0.2, -0.15) is 0 Å². The number of alkyl halides is 3. The summed E-state index contributed by atoms with van der Waals surface area (Å²) in [6.45, 7) is 4.10. The van der Waals surface area contributed by atoms with E-state index in [-0.39, 0.29) is 24.2 Å². The van der Waals surface area contributed by atoms with Crippen LogP contribution in [0.25, 0.3) is 0 Å². The lowest BCUT2D eigenvalue weighted by Crippen LogP contribution is -2.36. The van der Waals surface area contributed by atoms with Crippen molar-refractivity contribution in [3.8, 4) is 5.75 Å². The monoisotopic (exact) mass is 465 g/mol. The maximum absolute atomic E-state index is 12.4. The van der Waals surface area contributed by atoms with Gasteiger partial charge in [-0.1, -0.05) is 12.1 Å². The largest absolute Gasteiger partial charge is 0.573 e. The number of amides is 1. The fourth-order valence-electron chi connectivity index (χ4n) is 3.61. The zero-order chi connectivity index (χ0) is 23.8. The van der Waals surface area contributed by atoms with E-state index in [1.807, 2.05) is 12.1 Å². The molecule has 1 saturated heterocycles. The van der Waals surface area contributed by atoms with Crippen molar-refractivity contribution in [1.29, 1.82) is 0 Å². The average Bonchev–Trinajstić information content (AvgIpc) is 2.99. The van der Waals surface area contributed by atoms with Gasteiger partial charge < -0.3 is 14.8 Å². The van der Waals surface area contributed by atoms with Gasteiger partial charge in [-0.05, 0) is 61.5 Å². The number of hydrogen-bond acceptors (Lipinski definition) is 6. The molecule has 2 aromatic carbocycles. The van der Waals surface area contributed by atoms with Crippen LogP contribution >= 0.6 is 0 Å². The molecule has 0 aromatic heterocycles. The number of halogens is 3. The molecule has 0 atom stereocenters. The van der Waals surface area contributed by atoms with Gasteiger partial charge in [0, 0.05) is 25.3 Å². The van der Waals surface area contributed by atoms with E-state index in [4.69, 9.17) is 4.74 Å². The number of benzene rings is 2. The van der Waals surface area contributed by atoms with Crippen molar-refractivity contribution < 1.29 is 32.2 Å². The van der Waals surface area contributed by atoms with Gasteiger partial charge in [0.05, 0.1) is 19.2 Å². The molecule has 1 heterocycles. The Morgan fingerprint density at radius 1 is 0.939 bits per heavy atom. The molecule has 2 aromatic rings. The highest BCUT2D eigenvalue weighted by molar-refractivity contribution is 5.92.